The topological polar surface area (TPSA) is 41.4 Å². The fraction of sp³-hybridized carbons (Fsp3) is 0.0556. The van der Waals surface area contributed by atoms with Crippen molar-refractivity contribution in [3.8, 4) is 0 Å². The van der Waals surface area contributed by atoms with Gasteiger partial charge >= 0.3 is 0 Å². The van der Waals surface area contributed by atoms with Crippen molar-refractivity contribution < 1.29 is 0 Å². The highest BCUT2D eigenvalue weighted by Crippen LogP contribution is 2.25. The molecule has 0 aliphatic carbocycles. The van der Waals surface area contributed by atoms with Gasteiger partial charge in [-0.25, -0.2) is 15.0 Å². The van der Waals surface area contributed by atoms with Gasteiger partial charge in [-0.1, -0.05) is 48.2 Å². The summed E-state index contributed by atoms with van der Waals surface area (Å²) in [5.41, 5.74) is 2.85. The van der Waals surface area contributed by atoms with E-state index in [1.54, 1.807) is 18.6 Å². The van der Waals surface area contributed by atoms with E-state index in [4.69, 9.17) is 0 Å². The van der Waals surface area contributed by atoms with E-state index in [2.05, 4.69) is 15.1 Å². The normalized spacial score (nSPS) is 10.8. The number of anilines is 2. The minimum atomic E-state index is 0.755. The zero-order valence-corrected chi connectivity index (χ0v) is 13.5. The second-order valence-corrected chi connectivity index (χ2v) is 5.50. The van der Waals surface area contributed by atoms with Gasteiger partial charge in [0.25, 0.3) is 0 Å². The van der Waals surface area contributed by atoms with Crippen molar-refractivity contribution in [2.45, 2.75) is 5.16 Å². The predicted octanol–water partition coefficient (Wildman–Crippen LogP) is 4.37. The summed E-state index contributed by atoms with van der Waals surface area (Å²) in [6.07, 6.45) is 7.27. The van der Waals surface area contributed by atoms with E-state index in [0.717, 1.165) is 22.1 Å². The van der Waals surface area contributed by atoms with E-state index in [1.165, 1.54) is 11.8 Å². The summed E-state index contributed by atoms with van der Waals surface area (Å²) in [6, 6.07) is 20.1. The molecule has 0 radical (unpaired) electrons. The van der Waals surface area contributed by atoms with Gasteiger partial charge in [0.15, 0.2) is 5.16 Å². The molecular weight excluding hydrogens is 304 g/mol. The van der Waals surface area contributed by atoms with Crippen LogP contribution in [0.2, 0.25) is 0 Å². The number of benzene rings is 2. The molecule has 2 aromatic carbocycles. The van der Waals surface area contributed by atoms with E-state index in [1.807, 2.05) is 71.9 Å². The lowest BCUT2D eigenvalue weighted by atomic mass is 10.2. The molecular formula is C18H16N4S. The Bertz CT molecular complexity index is 719. The van der Waals surface area contributed by atoms with E-state index in [9.17, 15) is 0 Å². The lowest BCUT2D eigenvalue weighted by Crippen LogP contribution is -2.09. The molecule has 0 aliphatic heterocycles. The van der Waals surface area contributed by atoms with Crippen LogP contribution in [-0.2, 0) is 0 Å². The molecule has 0 N–H and O–H groups in total. The van der Waals surface area contributed by atoms with Gasteiger partial charge in [0, 0.05) is 18.0 Å². The fourth-order valence-electron chi connectivity index (χ4n) is 2.04. The Hall–Kier alpha value is -2.66. The Balaban J connectivity index is 1.91. The first-order valence-corrected chi connectivity index (χ1v) is 8.39. The minimum Gasteiger partial charge on any atom is -0.234 e. The molecule has 0 spiro atoms. The number of para-hydroxylation sites is 2. The summed E-state index contributed by atoms with van der Waals surface area (Å²) in [5.74, 6) is 0. The van der Waals surface area contributed by atoms with Crippen molar-refractivity contribution in [3.05, 3.63) is 78.6 Å². The highest BCUT2D eigenvalue weighted by atomic mass is 32.2. The Morgan fingerprint density at radius 2 is 1.39 bits per heavy atom. The van der Waals surface area contributed by atoms with Gasteiger partial charge in [0.2, 0.25) is 0 Å². The van der Waals surface area contributed by atoms with Crippen LogP contribution in [0.5, 0.6) is 0 Å². The first-order valence-electron chi connectivity index (χ1n) is 7.17. The van der Waals surface area contributed by atoms with Gasteiger partial charge in [-0.05, 0) is 30.5 Å². The Morgan fingerprint density at radius 1 is 0.870 bits per heavy atom. The summed E-state index contributed by atoms with van der Waals surface area (Å²) < 4.78 is 0. The summed E-state index contributed by atoms with van der Waals surface area (Å²) in [4.78, 5) is 8.53. The average molecular weight is 320 g/mol. The maximum absolute atomic E-state index is 4.61. The van der Waals surface area contributed by atoms with Crippen LogP contribution in [0.15, 0.2) is 83.3 Å². The quantitative estimate of drug-likeness (QED) is 0.303. The smallest absolute Gasteiger partial charge is 0.187 e. The molecule has 114 valence electrons. The molecule has 0 unspecified atom stereocenters. The highest BCUT2D eigenvalue weighted by molar-refractivity contribution is 7.98. The molecule has 0 aliphatic rings. The summed E-state index contributed by atoms with van der Waals surface area (Å²) >= 11 is 1.52. The number of nitrogens with zero attached hydrogens (tertiary/aromatic N) is 4. The number of rotatable bonds is 5. The van der Waals surface area contributed by atoms with Crippen molar-refractivity contribution >= 4 is 29.4 Å². The fourth-order valence-corrected chi connectivity index (χ4v) is 2.36. The standard InChI is InChI=1S/C18H16N4S/c1-23-18-19-12-15(13-20-18)14-21-22(16-8-4-2-5-9-16)17-10-6-3-7-11-17/h2-14H,1H3/b21-14-. The van der Waals surface area contributed by atoms with Crippen LogP contribution in [-0.4, -0.2) is 22.4 Å². The van der Waals surface area contributed by atoms with Gasteiger partial charge in [-0.15, -0.1) is 0 Å². The molecule has 3 rings (SSSR count). The molecule has 4 nitrogen and oxygen atoms in total. The number of hydrazone groups is 1. The second-order valence-electron chi connectivity index (χ2n) is 4.73. The van der Waals surface area contributed by atoms with Crippen LogP contribution >= 0.6 is 11.8 Å². The molecule has 0 saturated heterocycles. The molecule has 0 saturated carbocycles. The highest BCUT2D eigenvalue weighted by Gasteiger charge is 2.06. The van der Waals surface area contributed by atoms with Crippen LogP contribution < -0.4 is 5.01 Å². The van der Waals surface area contributed by atoms with E-state index in [0.29, 0.717) is 0 Å². The Labute approximate surface area is 139 Å². The Kier molecular flexibility index (Phi) is 5.01. The molecule has 0 fully saturated rings. The third-order valence-electron chi connectivity index (χ3n) is 3.15. The molecule has 1 heterocycles. The molecule has 1 aromatic heterocycles. The summed E-state index contributed by atoms with van der Waals surface area (Å²) in [5, 5.41) is 7.26. The first-order chi connectivity index (χ1) is 11.4. The zero-order valence-electron chi connectivity index (χ0n) is 12.7. The van der Waals surface area contributed by atoms with Gasteiger partial charge in [0.1, 0.15) is 0 Å². The van der Waals surface area contributed by atoms with Crippen molar-refractivity contribution in [2.75, 3.05) is 11.3 Å². The molecule has 3 aromatic rings. The van der Waals surface area contributed by atoms with Crippen molar-refractivity contribution in [3.63, 3.8) is 0 Å². The van der Waals surface area contributed by atoms with Crippen LogP contribution in [0.25, 0.3) is 0 Å². The van der Waals surface area contributed by atoms with Crippen molar-refractivity contribution in [1.29, 1.82) is 0 Å². The first kappa shape index (κ1) is 15.2. The summed E-state index contributed by atoms with van der Waals surface area (Å²) in [7, 11) is 0. The molecule has 5 heteroatoms. The van der Waals surface area contributed by atoms with Crippen LogP contribution in [0, 0.1) is 0 Å². The zero-order chi connectivity index (χ0) is 15.9. The van der Waals surface area contributed by atoms with E-state index >= 15 is 0 Å². The van der Waals surface area contributed by atoms with Crippen LogP contribution in [0.4, 0.5) is 11.4 Å². The largest absolute Gasteiger partial charge is 0.234 e. The van der Waals surface area contributed by atoms with E-state index < -0.39 is 0 Å². The molecule has 0 amide bonds. The molecule has 0 bridgehead atoms. The molecule has 0 atom stereocenters. The summed E-state index contributed by atoms with van der Waals surface area (Å²) in [6.45, 7) is 0. The Morgan fingerprint density at radius 3 is 1.87 bits per heavy atom. The van der Waals surface area contributed by atoms with Crippen molar-refractivity contribution in [1.82, 2.24) is 9.97 Å². The minimum absolute atomic E-state index is 0.755. The lowest BCUT2D eigenvalue weighted by Gasteiger charge is -2.19. The maximum Gasteiger partial charge on any atom is 0.187 e. The number of hydrogen-bond donors (Lipinski definition) is 0. The monoisotopic (exact) mass is 320 g/mol. The lowest BCUT2D eigenvalue weighted by molar-refractivity contribution is 0.965. The van der Waals surface area contributed by atoms with Crippen LogP contribution in [0.3, 0.4) is 0 Å². The number of hydrogen-bond acceptors (Lipinski definition) is 5. The third kappa shape index (κ3) is 3.96. The maximum atomic E-state index is 4.61. The number of aromatic nitrogens is 2. The second kappa shape index (κ2) is 7.56. The predicted molar refractivity (Wildman–Crippen MR) is 96.4 cm³/mol. The molecule has 23 heavy (non-hydrogen) atoms. The van der Waals surface area contributed by atoms with E-state index in [-0.39, 0.29) is 0 Å². The van der Waals surface area contributed by atoms with Crippen molar-refractivity contribution in [2.24, 2.45) is 5.10 Å². The third-order valence-corrected chi connectivity index (χ3v) is 3.73. The van der Waals surface area contributed by atoms with Gasteiger partial charge in [-0.3, -0.25) is 0 Å². The number of thioether (sulfide) groups is 1. The van der Waals surface area contributed by atoms with Crippen LogP contribution in [0.1, 0.15) is 5.56 Å². The van der Waals surface area contributed by atoms with Gasteiger partial charge in [0.05, 0.1) is 17.6 Å². The van der Waals surface area contributed by atoms with Gasteiger partial charge in [-0.2, -0.15) is 5.10 Å². The SMILES string of the molecule is CSc1ncc(/C=N\N(c2ccccc2)c2ccccc2)cn1. The average Bonchev–Trinajstić information content (AvgIpc) is 2.64. The van der Waals surface area contributed by atoms with Gasteiger partial charge < -0.3 is 0 Å².